The highest BCUT2D eigenvalue weighted by molar-refractivity contribution is 5.77. The lowest BCUT2D eigenvalue weighted by molar-refractivity contribution is -0.131. The summed E-state index contributed by atoms with van der Waals surface area (Å²) >= 11 is 0. The minimum absolute atomic E-state index is 0.0192. The number of aliphatic hydroxyl groups is 1. The molecule has 4 nitrogen and oxygen atoms in total. The number of β-amino-alcohol motifs (C(OH)–C–C–N with tert-alkyl or cyclic N) is 1. The average molecular weight is 293 g/mol. The third kappa shape index (κ3) is 2.94. The van der Waals surface area contributed by atoms with Gasteiger partial charge in [0.25, 0.3) is 0 Å². The van der Waals surface area contributed by atoms with Crippen LogP contribution in [-0.4, -0.2) is 47.3 Å². The van der Waals surface area contributed by atoms with Crippen molar-refractivity contribution in [1.29, 1.82) is 0 Å². The van der Waals surface area contributed by atoms with E-state index in [1.165, 1.54) is 12.1 Å². The number of aryl methyl sites for hydroxylation is 1. The highest BCUT2D eigenvalue weighted by Gasteiger charge is 2.50. The lowest BCUT2D eigenvalue weighted by Gasteiger charge is -2.25. The highest BCUT2D eigenvalue weighted by atomic mass is 19.1. The first-order chi connectivity index (χ1) is 10.1. The standard InChI is InChI=1S/C16H20FNO3/c17-13-5-2-12(3-6-13)4-7-15(20)18-10-14(19)16(11-18)8-1-9-21-16/h2-3,5-6,14,19H,1,4,7-11H2/t14-,16-/m0/s1. The third-order valence-electron chi connectivity index (χ3n) is 4.49. The fraction of sp³-hybridized carbons (Fsp3) is 0.562. The molecule has 1 aromatic rings. The normalized spacial score (nSPS) is 28.5. The van der Waals surface area contributed by atoms with Crippen molar-refractivity contribution in [2.45, 2.75) is 37.4 Å². The molecule has 1 aromatic carbocycles. The Hall–Kier alpha value is -1.46. The van der Waals surface area contributed by atoms with E-state index in [0.29, 0.717) is 32.5 Å². The fourth-order valence-corrected chi connectivity index (χ4v) is 3.23. The largest absolute Gasteiger partial charge is 0.388 e. The maximum atomic E-state index is 12.8. The van der Waals surface area contributed by atoms with Gasteiger partial charge in [0.15, 0.2) is 0 Å². The number of aliphatic hydroxyl groups excluding tert-OH is 1. The van der Waals surface area contributed by atoms with E-state index < -0.39 is 11.7 Å². The van der Waals surface area contributed by atoms with Gasteiger partial charge in [-0.3, -0.25) is 4.79 Å². The summed E-state index contributed by atoms with van der Waals surface area (Å²) in [5, 5.41) is 10.2. The predicted octanol–water partition coefficient (Wildman–Crippen LogP) is 1.51. The van der Waals surface area contributed by atoms with E-state index in [1.54, 1.807) is 17.0 Å². The van der Waals surface area contributed by atoms with Crippen molar-refractivity contribution >= 4 is 5.91 Å². The van der Waals surface area contributed by atoms with E-state index in [4.69, 9.17) is 4.74 Å². The lowest BCUT2D eigenvalue weighted by Crippen LogP contribution is -2.41. The second-order valence-electron chi connectivity index (χ2n) is 5.93. The second kappa shape index (κ2) is 5.73. The van der Waals surface area contributed by atoms with Gasteiger partial charge < -0.3 is 14.7 Å². The number of hydrogen-bond acceptors (Lipinski definition) is 3. The summed E-state index contributed by atoms with van der Waals surface area (Å²) < 4.78 is 18.5. The van der Waals surface area contributed by atoms with E-state index in [-0.39, 0.29) is 11.7 Å². The van der Waals surface area contributed by atoms with E-state index in [1.807, 2.05) is 0 Å². The first-order valence-corrected chi connectivity index (χ1v) is 7.43. The molecule has 2 atom stereocenters. The van der Waals surface area contributed by atoms with Gasteiger partial charge in [0.05, 0.1) is 6.54 Å². The molecule has 1 N–H and O–H groups in total. The van der Waals surface area contributed by atoms with E-state index in [9.17, 15) is 14.3 Å². The molecule has 5 heteroatoms. The Labute approximate surface area is 123 Å². The SMILES string of the molecule is O=C(CCc1ccc(F)cc1)N1C[C@H](O)[C@]2(CCCO2)C1. The molecule has 2 aliphatic heterocycles. The third-order valence-corrected chi connectivity index (χ3v) is 4.49. The molecule has 0 radical (unpaired) electrons. The zero-order valence-electron chi connectivity index (χ0n) is 11.9. The zero-order valence-corrected chi connectivity index (χ0v) is 11.9. The molecule has 1 spiro atoms. The monoisotopic (exact) mass is 293 g/mol. The summed E-state index contributed by atoms with van der Waals surface area (Å²) in [5.41, 5.74) is 0.405. The lowest BCUT2D eigenvalue weighted by atomic mass is 9.97. The van der Waals surface area contributed by atoms with Crippen LogP contribution in [0.15, 0.2) is 24.3 Å². The zero-order chi connectivity index (χ0) is 14.9. The van der Waals surface area contributed by atoms with Crippen molar-refractivity contribution in [3.8, 4) is 0 Å². The van der Waals surface area contributed by atoms with Crippen LogP contribution in [0.25, 0.3) is 0 Å². The van der Waals surface area contributed by atoms with Gasteiger partial charge in [-0.2, -0.15) is 0 Å². The van der Waals surface area contributed by atoms with Crippen LogP contribution >= 0.6 is 0 Å². The van der Waals surface area contributed by atoms with Crippen molar-refractivity contribution < 1.29 is 19.0 Å². The van der Waals surface area contributed by atoms with Crippen LogP contribution in [0.1, 0.15) is 24.8 Å². The van der Waals surface area contributed by atoms with Crippen LogP contribution in [0, 0.1) is 5.82 Å². The maximum Gasteiger partial charge on any atom is 0.223 e. The first kappa shape index (κ1) is 14.5. The van der Waals surface area contributed by atoms with E-state index in [0.717, 1.165) is 18.4 Å². The summed E-state index contributed by atoms with van der Waals surface area (Å²) in [4.78, 5) is 14.0. The number of amides is 1. The number of halogens is 1. The van der Waals surface area contributed by atoms with Gasteiger partial charge in [0.2, 0.25) is 5.91 Å². The van der Waals surface area contributed by atoms with Gasteiger partial charge in [-0.05, 0) is 37.0 Å². The van der Waals surface area contributed by atoms with Gasteiger partial charge in [0, 0.05) is 19.6 Å². The maximum absolute atomic E-state index is 12.8. The Morgan fingerprint density at radius 2 is 2.19 bits per heavy atom. The summed E-state index contributed by atoms with van der Waals surface area (Å²) in [6, 6.07) is 6.20. The number of likely N-dealkylation sites (tertiary alicyclic amines) is 1. The van der Waals surface area contributed by atoms with Gasteiger partial charge in [-0.15, -0.1) is 0 Å². The van der Waals surface area contributed by atoms with Gasteiger partial charge in [-0.1, -0.05) is 12.1 Å². The smallest absolute Gasteiger partial charge is 0.223 e. The van der Waals surface area contributed by atoms with Crippen molar-refractivity contribution in [2.75, 3.05) is 19.7 Å². The quantitative estimate of drug-likeness (QED) is 0.919. The van der Waals surface area contributed by atoms with Crippen LogP contribution in [-0.2, 0) is 16.0 Å². The Balaban J connectivity index is 1.55. The predicted molar refractivity (Wildman–Crippen MR) is 75.2 cm³/mol. The topological polar surface area (TPSA) is 49.8 Å². The number of hydrogen-bond donors (Lipinski definition) is 1. The Morgan fingerprint density at radius 3 is 2.86 bits per heavy atom. The molecular formula is C16H20FNO3. The summed E-state index contributed by atoms with van der Waals surface area (Å²) in [7, 11) is 0. The minimum Gasteiger partial charge on any atom is -0.388 e. The van der Waals surface area contributed by atoms with Crippen LogP contribution in [0.5, 0.6) is 0 Å². The van der Waals surface area contributed by atoms with Gasteiger partial charge >= 0.3 is 0 Å². The fourth-order valence-electron chi connectivity index (χ4n) is 3.23. The molecule has 0 aromatic heterocycles. The molecule has 2 fully saturated rings. The minimum atomic E-state index is -0.588. The van der Waals surface area contributed by atoms with Crippen LogP contribution < -0.4 is 0 Å². The highest BCUT2D eigenvalue weighted by Crippen LogP contribution is 2.35. The van der Waals surface area contributed by atoms with Crippen molar-refractivity contribution in [3.05, 3.63) is 35.6 Å². The molecule has 0 saturated carbocycles. The van der Waals surface area contributed by atoms with Gasteiger partial charge in [0.1, 0.15) is 17.5 Å². The number of carbonyl (C=O) groups is 1. The van der Waals surface area contributed by atoms with Crippen LogP contribution in [0.2, 0.25) is 0 Å². The van der Waals surface area contributed by atoms with Crippen molar-refractivity contribution in [3.63, 3.8) is 0 Å². The Bertz CT molecular complexity index is 511. The Kier molecular flexibility index (Phi) is 3.95. The Morgan fingerprint density at radius 1 is 1.43 bits per heavy atom. The molecule has 3 rings (SSSR count). The average Bonchev–Trinajstić information content (AvgIpc) is 3.07. The molecule has 0 unspecified atom stereocenters. The molecule has 0 aliphatic carbocycles. The molecule has 2 saturated heterocycles. The van der Waals surface area contributed by atoms with Crippen molar-refractivity contribution in [2.24, 2.45) is 0 Å². The summed E-state index contributed by atoms with van der Waals surface area (Å²) in [6.45, 7) is 1.49. The number of benzene rings is 1. The number of rotatable bonds is 3. The summed E-state index contributed by atoms with van der Waals surface area (Å²) in [6.07, 6.45) is 2.12. The molecule has 21 heavy (non-hydrogen) atoms. The molecule has 2 heterocycles. The molecule has 1 amide bonds. The van der Waals surface area contributed by atoms with E-state index >= 15 is 0 Å². The molecular weight excluding hydrogens is 273 g/mol. The molecule has 0 bridgehead atoms. The van der Waals surface area contributed by atoms with Crippen molar-refractivity contribution in [1.82, 2.24) is 4.90 Å². The van der Waals surface area contributed by atoms with Gasteiger partial charge in [-0.25, -0.2) is 4.39 Å². The molecule has 114 valence electrons. The number of carbonyl (C=O) groups excluding carboxylic acids is 1. The second-order valence-corrected chi connectivity index (χ2v) is 5.93. The molecule has 2 aliphatic rings. The van der Waals surface area contributed by atoms with Crippen LogP contribution in [0.3, 0.4) is 0 Å². The van der Waals surface area contributed by atoms with E-state index in [2.05, 4.69) is 0 Å². The number of ether oxygens (including phenoxy) is 1. The van der Waals surface area contributed by atoms with Crippen LogP contribution in [0.4, 0.5) is 4.39 Å². The first-order valence-electron chi connectivity index (χ1n) is 7.43. The number of nitrogens with zero attached hydrogens (tertiary/aromatic N) is 1. The summed E-state index contributed by atoms with van der Waals surface area (Å²) in [5.74, 6) is -0.251.